The third kappa shape index (κ3) is 1.35. The van der Waals surface area contributed by atoms with Gasteiger partial charge in [0, 0.05) is 12.6 Å². The molecule has 0 radical (unpaired) electrons. The lowest BCUT2D eigenvalue weighted by Crippen LogP contribution is -2.44. The monoisotopic (exact) mass is 180 g/mol. The Morgan fingerprint density at radius 3 is 3.00 bits per heavy atom. The summed E-state index contributed by atoms with van der Waals surface area (Å²) >= 11 is 0. The molecular formula is C10H16N2O. The van der Waals surface area contributed by atoms with Crippen molar-refractivity contribution in [3.05, 3.63) is 0 Å². The van der Waals surface area contributed by atoms with Crippen molar-refractivity contribution < 1.29 is 4.74 Å². The predicted molar refractivity (Wildman–Crippen MR) is 51.1 cm³/mol. The van der Waals surface area contributed by atoms with Gasteiger partial charge in [0.2, 0.25) is 0 Å². The summed E-state index contributed by atoms with van der Waals surface area (Å²) < 4.78 is 5.57. The molecule has 3 nitrogen and oxygen atoms in total. The van der Waals surface area contributed by atoms with E-state index in [0.717, 1.165) is 13.0 Å². The van der Waals surface area contributed by atoms with Gasteiger partial charge in [-0.15, -0.1) is 6.42 Å². The fourth-order valence-electron chi connectivity index (χ4n) is 2.71. The highest BCUT2D eigenvalue weighted by atomic mass is 16.5. The van der Waals surface area contributed by atoms with E-state index in [1.165, 1.54) is 0 Å². The Hall–Kier alpha value is -0.560. The summed E-state index contributed by atoms with van der Waals surface area (Å²) in [6.45, 7) is 1.52. The smallest absolute Gasteiger partial charge is 0.107 e. The molecule has 2 fully saturated rings. The Balaban J connectivity index is 1.99. The number of piperidine rings is 1. The Labute approximate surface area is 79.2 Å². The fraction of sp³-hybridized carbons (Fsp3) is 0.800. The van der Waals surface area contributed by atoms with Gasteiger partial charge in [-0.25, -0.2) is 0 Å². The number of nitrogens with zero attached hydrogens (tertiary/aromatic N) is 1. The minimum atomic E-state index is 0.259. The summed E-state index contributed by atoms with van der Waals surface area (Å²) in [6.07, 6.45) is 6.49. The summed E-state index contributed by atoms with van der Waals surface area (Å²) in [4.78, 5) is 2.29. The third-order valence-electron chi connectivity index (χ3n) is 3.27. The molecule has 3 heteroatoms. The second-order valence-electron chi connectivity index (χ2n) is 4.06. The quantitative estimate of drug-likeness (QED) is 0.591. The Morgan fingerprint density at radius 1 is 1.69 bits per heavy atom. The molecule has 2 bridgehead atoms. The zero-order valence-electron chi connectivity index (χ0n) is 7.94. The molecule has 0 spiro atoms. The van der Waals surface area contributed by atoms with E-state index in [2.05, 4.69) is 17.9 Å². The minimum absolute atomic E-state index is 0.259. The molecule has 2 rings (SSSR count). The molecule has 1 saturated heterocycles. The van der Waals surface area contributed by atoms with E-state index in [9.17, 15) is 0 Å². The van der Waals surface area contributed by atoms with Gasteiger partial charge in [-0.1, -0.05) is 5.92 Å². The second kappa shape index (κ2) is 3.30. The largest absolute Gasteiger partial charge is 0.364 e. The highest BCUT2D eigenvalue weighted by Gasteiger charge is 2.49. The Bertz CT molecular complexity index is 236. The molecule has 4 atom stereocenters. The van der Waals surface area contributed by atoms with E-state index in [0.29, 0.717) is 18.6 Å². The number of likely N-dealkylation sites (N-methyl/N-ethyl adjacent to an activating group) is 1. The summed E-state index contributed by atoms with van der Waals surface area (Å²) in [5.74, 6) is 3.11. The molecule has 0 aromatic rings. The van der Waals surface area contributed by atoms with Crippen LogP contribution < -0.4 is 5.73 Å². The van der Waals surface area contributed by atoms with Crippen LogP contribution >= 0.6 is 0 Å². The van der Waals surface area contributed by atoms with Crippen LogP contribution in [0.2, 0.25) is 0 Å². The maximum absolute atomic E-state index is 6.06. The normalized spacial score (nSPS) is 43.8. The number of nitrogens with two attached hydrogens (primary N) is 1. The SMILES string of the molecule is C#CCOC1CC2CN(C)C1C2N. The molecule has 1 aliphatic heterocycles. The first kappa shape index (κ1) is 9.01. The van der Waals surface area contributed by atoms with Crippen molar-refractivity contribution in [1.29, 1.82) is 0 Å². The molecule has 4 unspecified atom stereocenters. The number of hydrogen-bond acceptors (Lipinski definition) is 3. The topological polar surface area (TPSA) is 38.5 Å². The standard InChI is InChI=1S/C10H16N2O/c1-3-4-13-8-5-7-6-12(2)10(8)9(7)11/h1,7-10H,4-6,11H2,2H3. The summed E-state index contributed by atoms with van der Waals surface area (Å²) in [7, 11) is 2.11. The number of terminal acetylenes is 1. The van der Waals surface area contributed by atoms with E-state index in [4.69, 9.17) is 16.9 Å². The second-order valence-corrected chi connectivity index (χ2v) is 4.06. The van der Waals surface area contributed by atoms with Gasteiger partial charge in [0.1, 0.15) is 6.61 Å². The van der Waals surface area contributed by atoms with E-state index < -0.39 is 0 Å². The maximum Gasteiger partial charge on any atom is 0.107 e. The van der Waals surface area contributed by atoms with E-state index in [1.54, 1.807) is 0 Å². The van der Waals surface area contributed by atoms with Crippen molar-refractivity contribution in [3.8, 4) is 12.3 Å². The first-order valence-electron chi connectivity index (χ1n) is 4.75. The van der Waals surface area contributed by atoms with E-state index in [-0.39, 0.29) is 12.1 Å². The molecule has 0 aromatic carbocycles. The first-order chi connectivity index (χ1) is 6.24. The Kier molecular flexibility index (Phi) is 2.29. The molecule has 0 amide bonds. The van der Waals surface area contributed by atoms with Crippen molar-refractivity contribution >= 4 is 0 Å². The molecule has 1 heterocycles. The zero-order valence-corrected chi connectivity index (χ0v) is 7.94. The lowest BCUT2D eigenvalue weighted by atomic mass is 10.1. The third-order valence-corrected chi connectivity index (χ3v) is 3.27. The van der Waals surface area contributed by atoms with E-state index in [1.807, 2.05) is 0 Å². The number of rotatable bonds is 2. The van der Waals surface area contributed by atoms with Gasteiger partial charge in [0.25, 0.3) is 0 Å². The van der Waals surface area contributed by atoms with Crippen molar-refractivity contribution in [2.45, 2.75) is 24.6 Å². The van der Waals surface area contributed by atoms with Crippen molar-refractivity contribution in [2.24, 2.45) is 11.7 Å². The summed E-state index contributed by atoms with van der Waals surface area (Å²) in [5.41, 5.74) is 6.06. The number of likely N-dealkylation sites (tertiary alicyclic amines) is 1. The van der Waals surface area contributed by atoms with Crippen LogP contribution in [0, 0.1) is 18.3 Å². The molecule has 2 N–H and O–H groups in total. The lowest BCUT2D eigenvalue weighted by molar-refractivity contribution is 0.0123. The summed E-state index contributed by atoms with van der Waals surface area (Å²) in [6, 6.07) is 0.672. The minimum Gasteiger partial charge on any atom is -0.364 e. The molecule has 72 valence electrons. The van der Waals surface area contributed by atoms with Crippen LogP contribution in [0.4, 0.5) is 0 Å². The van der Waals surface area contributed by atoms with Crippen molar-refractivity contribution in [3.63, 3.8) is 0 Å². The first-order valence-corrected chi connectivity index (χ1v) is 4.75. The highest BCUT2D eigenvalue weighted by molar-refractivity contribution is 5.07. The molecule has 1 aliphatic carbocycles. The van der Waals surface area contributed by atoms with Crippen LogP contribution in [-0.2, 0) is 4.74 Å². The lowest BCUT2D eigenvalue weighted by Gasteiger charge is -2.29. The van der Waals surface area contributed by atoms with Crippen LogP contribution in [0.3, 0.4) is 0 Å². The van der Waals surface area contributed by atoms with Crippen LogP contribution in [-0.4, -0.2) is 43.3 Å². The summed E-state index contributed by atoms with van der Waals surface area (Å²) in [5, 5.41) is 0. The zero-order chi connectivity index (χ0) is 9.42. The molecule has 1 saturated carbocycles. The van der Waals surface area contributed by atoms with E-state index >= 15 is 0 Å². The van der Waals surface area contributed by atoms with Crippen LogP contribution in [0.1, 0.15) is 6.42 Å². The predicted octanol–water partition coefficient (Wildman–Crippen LogP) is -0.334. The fourth-order valence-corrected chi connectivity index (χ4v) is 2.71. The van der Waals surface area contributed by atoms with Crippen molar-refractivity contribution in [1.82, 2.24) is 4.90 Å². The van der Waals surface area contributed by atoms with Gasteiger partial charge >= 0.3 is 0 Å². The number of ether oxygens (including phenoxy) is 1. The molecule has 13 heavy (non-hydrogen) atoms. The Morgan fingerprint density at radius 2 is 2.46 bits per heavy atom. The number of fused-ring (bicyclic) bond motifs is 2. The van der Waals surface area contributed by atoms with Gasteiger partial charge in [0.05, 0.1) is 12.1 Å². The van der Waals surface area contributed by atoms with Gasteiger partial charge < -0.3 is 10.5 Å². The molecule has 2 aliphatic rings. The average Bonchev–Trinajstić information content (AvgIpc) is 2.54. The van der Waals surface area contributed by atoms with Crippen LogP contribution in [0.15, 0.2) is 0 Å². The maximum atomic E-state index is 6.06. The average molecular weight is 180 g/mol. The van der Waals surface area contributed by atoms with Crippen molar-refractivity contribution in [2.75, 3.05) is 20.2 Å². The van der Waals surface area contributed by atoms with Gasteiger partial charge in [-0.05, 0) is 19.4 Å². The van der Waals surface area contributed by atoms with Gasteiger partial charge in [-0.3, -0.25) is 4.90 Å². The van der Waals surface area contributed by atoms with Gasteiger partial charge in [-0.2, -0.15) is 0 Å². The molecular weight excluding hydrogens is 164 g/mol. The van der Waals surface area contributed by atoms with Crippen LogP contribution in [0.5, 0.6) is 0 Å². The number of hydrogen-bond donors (Lipinski definition) is 1. The molecule has 0 aromatic heterocycles. The van der Waals surface area contributed by atoms with Gasteiger partial charge in [0.15, 0.2) is 0 Å². The highest BCUT2D eigenvalue weighted by Crippen LogP contribution is 2.37. The van der Waals surface area contributed by atoms with Crippen LogP contribution in [0.25, 0.3) is 0 Å².